The van der Waals surface area contributed by atoms with Crippen LogP contribution >= 0.6 is 0 Å². The van der Waals surface area contributed by atoms with Gasteiger partial charge in [0.1, 0.15) is 12.4 Å². The van der Waals surface area contributed by atoms with Crippen LogP contribution in [0.15, 0.2) is 42.5 Å². The molecule has 0 aromatic heterocycles. The Labute approximate surface area is 170 Å². The van der Waals surface area contributed by atoms with Crippen molar-refractivity contribution >= 4 is 5.91 Å². The van der Waals surface area contributed by atoms with Gasteiger partial charge in [-0.25, -0.2) is 4.39 Å². The molecule has 4 rings (SSSR count). The largest absolute Gasteiger partial charge is 0.493 e. The molecule has 2 aromatic carbocycles. The first kappa shape index (κ1) is 19.7. The van der Waals surface area contributed by atoms with Crippen LogP contribution in [0.4, 0.5) is 4.39 Å². The van der Waals surface area contributed by atoms with Gasteiger partial charge in [-0.2, -0.15) is 0 Å². The number of halogens is 1. The number of carbonyl (C=O) groups is 1. The Bertz CT molecular complexity index is 879. The van der Waals surface area contributed by atoms with Crippen LogP contribution in [-0.2, 0) is 21.4 Å². The summed E-state index contributed by atoms with van der Waals surface area (Å²) in [6.07, 6.45) is 2.10. The van der Waals surface area contributed by atoms with Crippen LogP contribution in [0.3, 0.4) is 0 Å². The third-order valence-electron chi connectivity index (χ3n) is 6.03. The zero-order chi connectivity index (χ0) is 20.3. The van der Waals surface area contributed by atoms with Crippen molar-refractivity contribution < 1.29 is 23.4 Å². The fourth-order valence-electron chi connectivity index (χ4n) is 4.27. The van der Waals surface area contributed by atoms with Gasteiger partial charge in [0.25, 0.3) is 0 Å². The highest BCUT2D eigenvalue weighted by Gasteiger charge is 2.36. The average Bonchev–Trinajstić information content (AvgIpc) is 2.77. The van der Waals surface area contributed by atoms with Crippen molar-refractivity contribution in [2.24, 2.45) is 5.92 Å². The number of hydrogen-bond donors (Lipinski definition) is 1. The monoisotopic (exact) mass is 399 g/mol. The summed E-state index contributed by atoms with van der Waals surface area (Å²) in [4.78, 5) is 12.9. The normalized spacial score (nSPS) is 20.3. The van der Waals surface area contributed by atoms with Gasteiger partial charge in [-0.3, -0.25) is 4.79 Å². The van der Waals surface area contributed by atoms with E-state index in [0.29, 0.717) is 38.5 Å². The number of rotatable bonds is 5. The molecule has 29 heavy (non-hydrogen) atoms. The number of hydrogen-bond acceptors (Lipinski definition) is 4. The lowest BCUT2D eigenvalue weighted by Crippen LogP contribution is -2.47. The number of para-hydroxylation sites is 1. The Morgan fingerprint density at radius 3 is 2.79 bits per heavy atom. The van der Waals surface area contributed by atoms with E-state index in [1.165, 1.54) is 6.07 Å². The van der Waals surface area contributed by atoms with Crippen LogP contribution in [0.2, 0.25) is 0 Å². The highest BCUT2D eigenvalue weighted by atomic mass is 19.1. The molecule has 5 nitrogen and oxygen atoms in total. The van der Waals surface area contributed by atoms with Gasteiger partial charge in [0.15, 0.2) is 11.5 Å². The Balaban J connectivity index is 1.46. The van der Waals surface area contributed by atoms with Crippen molar-refractivity contribution in [3.8, 4) is 11.5 Å². The predicted molar refractivity (Wildman–Crippen MR) is 107 cm³/mol. The summed E-state index contributed by atoms with van der Waals surface area (Å²) in [7, 11) is 1.61. The van der Waals surface area contributed by atoms with Crippen LogP contribution in [0.25, 0.3) is 0 Å². The molecule has 1 fully saturated rings. The lowest BCUT2D eigenvalue weighted by atomic mass is 9.74. The van der Waals surface area contributed by atoms with Gasteiger partial charge in [-0.15, -0.1) is 0 Å². The zero-order valence-electron chi connectivity index (χ0n) is 16.6. The minimum absolute atomic E-state index is 0.0410. The second kappa shape index (κ2) is 8.41. The highest BCUT2D eigenvalue weighted by molar-refractivity contribution is 5.80. The van der Waals surface area contributed by atoms with E-state index in [9.17, 15) is 9.18 Å². The van der Waals surface area contributed by atoms with Gasteiger partial charge in [-0.05, 0) is 48.6 Å². The highest BCUT2D eigenvalue weighted by Crippen LogP contribution is 2.37. The third-order valence-corrected chi connectivity index (χ3v) is 6.03. The topological polar surface area (TPSA) is 56.8 Å². The fraction of sp³-hybridized carbons (Fsp3) is 0.435. The Kier molecular flexibility index (Phi) is 5.72. The van der Waals surface area contributed by atoms with Gasteiger partial charge >= 0.3 is 0 Å². The minimum atomic E-state index is -0.313. The molecule has 154 valence electrons. The maximum Gasteiger partial charge on any atom is 0.226 e. The predicted octanol–water partition coefficient (Wildman–Crippen LogP) is 3.25. The van der Waals surface area contributed by atoms with E-state index in [1.54, 1.807) is 19.2 Å². The number of ether oxygens (including phenoxy) is 3. The van der Waals surface area contributed by atoms with E-state index in [1.807, 2.05) is 24.3 Å². The van der Waals surface area contributed by atoms with Crippen LogP contribution in [0.1, 0.15) is 24.0 Å². The third kappa shape index (κ3) is 4.08. The summed E-state index contributed by atoms with van der Waals surface area (Å²) in [6, 6.07) is 12.4. The molecular weight excluding hydrogens is 373 g/mol. The molecule has 0 radical (unpaired) electrons. The molecule has 2 aliphatic rings. The molecule has 1 saturated heterocycles. The molecule has 2 aromatic rings. The van der Waals surface area contributed by atoms with Crippen molar-refractivity contribution in [3.05, 3.63) is 59.4 Å². The molecule has 0 saturated carbocycles. The number of benzene rings is 2. The van der Waals surface area contributed by atoms with Gasteiger partial charge in [0, 0.05) is 25.2 Å². The summed E-state index contributed by atoms with van der Waals surface area (Å²) >= 11 is 0. The first-order valence-corrected chi connectivity index (χ1v) is 10.0. The molecule has 6 heteroatoms. The van der Waals surface area contributed by atoms with E-state index < -0.39 is 0 Å². The molecule has 2 aliphatic heterocycles. The standard InChI is InChI=1S/C23H26FNO4/c1-27-20-7-2-4-16-12-17(14-29-21(16)20)22(26)25-15-23(8-10-28-11-9-23)18-5-3-6-19(24)13-18/h2-7,13,17H,8-12,14-15H2,1H3,(H,25,26). The lowest BCUT2D eigenvalue weighted by Gasteiger charge is -2.38. The first-order chi connectivity index (χ1) is 14.1. The Hall–Kier alpha value is -2.60. The van der Waals surface area contributed by atoms with Crippen molar-refractivity contribution in [2.75, 3.05) is 33.5 Å². The summed E-state index contributed by atoms with van der Waals surface area (Å²) in [5.74, 6) is 0.846. The lowest BCUT2D eigenvalue weighted by molar-refractivity contribution is -0.126. The van der Waals surface area contributed by atoms with Crippen molar-refractivity contribution in [1.29, 1.82) is 0 Å². The number of methoxy groups -OCH3 is 1. The molecule has 0 spiro atoms. The summed E-state index contributed by atoms with van der Waals surface area (Å²) in [5.41, 5.74) is 1.57. The molecule has 0 bridgehead atoms. The molecule has 1 atom stereocenters. The van der Waals surface area contributed by atoms with Crippen LogP contribution < -0.4 is 14.8 Å². The fourth-order valence-corrected chi connectivity index (χ4v) is 4.27. The van der Waals surface area contributed by atoms with E-state index >= 15 is 0 Å². The molecule has 2 heterocycles. The van der Waals surface area contributed by atoms with Crippen molar-refractivity contribution in [2.45, 2.75) is 24.7 Å². The smallest absolute Gasteiger partial charge is 0.226 e. The quantitative estimate of drug-likeness (QED) is 0.839. The SMILES string of the molecule is COc1cccc2c1OCC(C(=O)NCC1(c3cccc(F)c3)CCOCC1)C2. The minimum Gasteiger partial charge on any atom is -0.493 e. The van der Waals surface area contributed by atoms with Crippen molar-refractivity contribution in [1.82, 2.24) is 5.32 Å². The molecule has 1 amide bonds. The van der Waals surface area contributed by atoms with Gasteiger partial charge in [-0.1, -0.05) is 24.3 Å². The Morgan fingerprint density at radius 2 is 2.03 bits per heavy atom. The maximum absolute atomic E-state index is 13.8. The summed E-state index contributed by atoms with van der Waals surface area (Å²) in [6.45, 7) is 1.98. The first-order valence-electron chi connectivity index (χ1n) is 10.0. The summed E-state index contributed by atoms with van der Waals surface area (Å²) in [5, 5.41) is 3.11. The van der Waals surface area contributed by atoms with E-state index in [2.05, 4.69) is 5.32 Å². The number of carbonyl (C=O) groups excluding carboxylic acids is 1. The number of amides is 1. The second-order valence-corrected chi connectivity index (χ2v) is 7.78. The second-order valence-electron chi connectivity index (χ2n) is 7.78. The van der Waals surface area contributed by atoms with E-state index in [0.717, 1.165) is 29.7 Å². The maximum atomic E-state index is 13.8. The summed E-state index contributed by atoms with van der Waals surface area (Å²) < 4.78 is 30.5. The van der Waals surface area contributed by atoms with E-state index in [-0.39, 0.29) is 23.1 Å². The van der Waals surface area contributed by atoms with Gasteiger partial charge < -0.3 is 19.5 Å². The van der Waals surface area contributed by atoms with Gasteiger partial charge in [0.05, 0.1) is 13.0 Å². The average molecular weight is 399 g/mol. The van der Waals surface area contributed by atoms with Crippen LogP contribution in [-0.4, -0.2) is 39.4 Å². The molecule has 0 aliphatic carbocycles. The number of fused-ring (bicyclic) bond motifs is 1. The van der Waals surface area contributed by atoms with Gasteiger partial charge in [0.2, 0.25) is 5.91 Å². The molecular formula is C23H26FNO4. The Morgan fingerprint density at radius 1 is 1.24 bits per heavy atom. The molecule has 1 N–H and O–H groups in total. The van der Waals surface area contributed by atoms with Crippen LogP contribution in [0, 0.1) is 11.7 Å². The van der Waals surface area contributed by atoms with Crippen molar-refractivity contribution in [3.63, 3.8) is 0 Å². The van der Waals surface area contributed by atoms with E-state index in [4.69, 9.17) is 14.2 Å². The van der Waals surface area contributed by atoms with Crippen LogP contribution in [0.5, 0.6) is 11.5 Å². The number of nitrogens with one attached hydrogen (secondary N) is 1. The zero-order valence-corrected chi connectivity index (χ0v) is 16.6. The molecule has 1 unspecified atom stereocenters.